The second-order valence-corrected chi connectivity index (χ2v) is 6.36. The van der Waals surface area contributed by atoms with E-state index in [0.29, 0.717) is 5.82 Å². The molecule has 142 valence electrons. The lowest BCUT2D eigenvalue weighted by atomic mass is 10.0. The zero-order chi connectivity index (χ0) is 19.7. The van der Waals surface area contributed by atoms with E-state index in [9.17, 15) is 4.79 Å². The molecule has 28 heavy (non-hydrogen) atoms. The number of aryl methyl sites for hydroxylation is 2. The first kappa shape index (κ1) is 17.7. The van der Waals surface area contributed by atoms with Crippen LogP contribution in [0.25, 0.3) is 22.0 Å². The Hall–Kier alpha value is -3.75. The minimum atomic E-state index is -0.230. The highest BCUT2D eigenvalue weighted by Crippen LogP contribution is 2.33. The first-order chi connectivity index (χ1) is 13.5. The van der Waals surface area contributed by atoms with Gasteiger partial charge in [0.1, 0.15) is 17.8 Å². The van der Waals surface area contributed by atoms with Crippen molar-refractivity contribution < 1.29 is 9.53 Å². The topological polar surface area (TPSA) is 99.8 Å². The highest BCUT2D eigenvalue weighted by Gasteiger charge is 2.13. The Morgan fingerprint density at radius 3 is 2.79 bits per heavy atom. The molecule has 0 atom stereocenters. The van der Waals surface area contributed by atoms with E-state index in [4.69, 9.17) is 4.74 Å². The molecule has 3 heterocycles. The zero-order valence-electron chi connectivity index (χ0n) is 15.7. The summed E-state index contributed by atoms with van der Waals surface area (Å²) in [6, 6.07) is 7.85. The summed E-state index contributed by atoms with van der Waals surface area (Å²) in [6.45, 7) is 2.02. The van der Waals surface area contributed by atoms with Gasteiger partial charge in [0.15, 0.2) is 5.82 Å². The molecule has 1 aromatic carbocycles. The number of nitrogens with zero attached hydrogens (tertiary/aromatic N) is 6. The number of benzene rings is 1. The van der Waals surface area contributed by atoms with Gasteiger partial charge in [0.25, 0.3) is 0 Å². The van der Waals surface area contributed by atoms with Crippen LogP contribution in [0.3, 0.4) is 0 Å². The standard InChI is InChI=1S/C19H19N7O2/c1-12-4-5-15-14(6-7-16(28-3)19(15)22-12)13-8-21-26(10-13)11-18(27)23-17-9-20-25(2)24-17/h4-10H,11H2,1-3H3,(H,23,24,27). The molecule has 0 fully saturated rings. The SMILES string of the molecule is COc1ccc(-c2cnn(CC(=O)Nc3cnn(C)n3)c2)c2ccc(C)nc12. The number of hydrogen-bond acceptors (Lipinski definition) is 6. The number of ether oxygens (including phenoxy) is 1. The maximum atomic E-state index is 12.2. The number of carbonyl (C=O) groups is 1. The van der Waals surface area contributed by atoms with Gasteiger partial charge in [0, 0.05) is 29.9 Å². The molecule has 0 spiro atoms. The molecule has 0 unspecified atom stereocenters. The van der Waals surface area contributed by atoms with Crippen LogP contribution in [0.5, 0.6) is 5.75 Å². The van der Waals surface area contributed by atoms with Crippen molar-refractivity contribution in [3.05, 3.63) is 48.5 Å². The van der Waals surface area contributed by atoms with Crippen molar-refractivity contribution >= 4 is 22.6 Å². The summed E-state index contributed by atoms with van der Waals surface area (Å²) >= 11 is 0. The molecule has 0 bridgehead atoms. The number of anilines is 1. The van der Waals surface area contributed by atoms with E-state index in [0.717, 1.165) is 33.5 Å². The third-order valence-corrected chi connectivity index (χ3v) is 4.30. The summed E-state index contributed by atoms with van der Waals surface area (Å²) in [6.07, 6.45) is 5.05. The van der Waals surface area contributed by atoms with Gasteiger partial charge in [0.2, 0.25) is 5.91 Å². The largest absolute Gasteiger partial charge is 0.494 e. The van der Waals surface area contributed by atoms with Crippen LogP contribution in [0.15, 0.2) is 42.9 Å². The number of hydrogen-bond donors (Lipinski definition) is 1. The van der Waals surface area contributed by atoms with Crippen LogP contribution < -0.4 is 10.1 Å². The molecule has 4 aromatic rings. The fraction of sp³-hybridized carbons (Fsp3) is 0.211. The van der Waals surface area contributed by atoms with Crippen LogP contribution in [-0.4, -0.2) is 42.8 Å². The van der Waals surface area contributed by atoms with Gasteiger partial charge in [-0.1, -0.05) is 6.07 Å². The van der Waals surface area contributed by atoms with Gasteiger partial charge < -0.3 is 10.1 Å². The average molecular weight is 377 g/mol. The molecule has 9 heteroatoms. The summed E-state index contributed by atoms with van der Waals surface area (Å²) in [7, 11) is 3.32. The minimum Gasteiger partial charge on any atom is -0.494 e. The number of fused-ring (bicyclic) bond motifs is 1. The predicted octanol–water partition coefficient (Wildman–Crippen LogP) is 2.18. The van der Waals surface area contributed by atoms with Crippen molar-refractivity contribution in [1.29, 1.82) is 0 Å². The summed E-state index contributed by atoms with van der Waals surface area (Å²) in [5, 5.41) is 15.9. The molecule has 0 radical (unpaired) electrons. The van der Waals surface area contributed by atoms with Crippen molar-refractivity contribution in [2.24, 2.45) is 7.05 Å². The Bertz CT molecular complexity index is 1160. The number of rotatable bonds is 5. The lowest BCUT2D eigenvalue weighted by molar-refractivity contribution is -0.116. The molecule has 4 rings (SSSR count). The molecule has 0 aliphatic heterocycles. The molecule has 3 aromatic heterocycles. The van der Waals surface area contributed by atoms with Gasteiger partial charge in [-0.3, -0.25) is 9.48 Å². The Morgan fingerprint density at radius 2 is 2.04 bits per heavy atom. The van der Waals surface area contributed by atoms with Gasteiger partial charge in [0.05, 0.1) is 19.5 Å². The van der Waals surface area contributed by atoms with Crippen LogP contribution in [0.2, 0.25) is 0 Å². The van der Waals surface area contributed by atoms with Gasteiger partial charge >= 0.3 is 0 Å². The lowest BCUT2D eigenvalue weighted by Gasteiger charge is -2.09. The van der Waals surface area contributed by atoms with E-state index in [1.54, 1.807) is 25.0 Å². The fourth-order valence-electron chi connectivity index (χ4n) is 3.03. The van der Waals surface area contributed by atoms with Crippen LogP contribution in [0.4, 0.5) is 5.82 Å². The fourth-order valence-corrected chi connectivity index (χ4v) is 3.03. The molecule has 0 aliphatic carbocycles. The van der Waals surface area contributed by atoms with Gasteiger partial charge in [-0.25, -0.2) is 4.98 Å². The van der Waals surface area contributed by atoms with Gasteiger partial charge in [-0.15, -0.1) is 5.10 Å². The van der Waals surface area contributed by atoms with E-state index < -0.39 is 0 Å². The molecular weight excluding hydrogens is 358 g/mol. The summed E-state index contributed by atoms with van der Waals surface area (Å²) in [5.74, 6) is 0.896. The van der Waals surface area contributed by atoms with Crippen molar-refractivity contribution in [3.8, 4) is 16.9 Å². The second-order valence-electron chi connectivity index (χ2n) is 6.36. The monoisotopic (exact) mass is 377 g/mol. The van der Waals surface area contributed by atoms with E-state index in [-0.39, 0.29) is 12.5 Å². The number of pyridine rings is 1. The molecule has 1 amide bonds. The minimum absolute atomic E-state index is 0.0714. The smallest absolute Gasteiger partial charge is 0.247 e. The number of carbonyl (C=O) groups excluding carboxylic acids is 1. The molecule has 1 N–H and O–H groups in total. The van der Waals surface area contributed by atoms with Crippen LogP contribution in [0.1, 0.15) is 5.69 Å². The molecular formula is C19H19N7O2. The summed E-state index contributed by atoms with van der Waals surface area (Å²) in [4.78, 5) is 18.2. The number of methoxy groups -OCH3 is 1. The average Bonchev–Trinajstić information content (AvgIpc) is 3.29. The maximum Gasteiger partial charge on any atom is 0.247 e. The van der Waals surface area contributed by atoms with Crippen molar-refractivity contribution in [3.63, 3.8) is 0 Å². The van der Waals surface area contributed by atoms with Crippen molar-refractivity contribution in [1.82, 2.24) is 29.8 Å². The predicted molar refractivity (Wildman–Crippen MR) is 104 cm³/mol. The third-order valence-electron chi connectivity index (χ3n) is 4.30. The van der Waals surface area contributed by atoms with Crippen molar-refractivity contribution in [2.45, 2.75) is 13.5 Å². The van der Waals surface area contributed by atoms with E-state index in [1.807, 2.05) is 37.4 Å². The highest BCUT2D eigenvalue weighted by molar-refractivity contribution is 5.97. The summed E-state index contributed by atoms with van der Waals surface area (Å²) < 4.78 is 7.02. The number of aromatic nitrogens is 6. The Labute approximate surface area is 160 Å². The maximum absolute atomic E-state index is 12.2. The van der Waals surface area contributed by atoms with Crippen molar-refractivity contribution in [2.75, 3.05) is 12.4 Å². The second kappa shape index (κ2) is 7.10. The molecule has 0 saturated heterocycles. The first-order valence-corrected chi connectivity index (χ1v) is 8.67. The van der Waals surface area contributed by atoms with E-state index >= 15 is 0 Å². The zero-order valence-corrected chi connectivity index (χ0v) is 15.7. The Balaban J connectivity index is 1.60. The van der Waals surface area contributed by atoms with Gasteiger partial charge in [-0.2, -0.15) is 15.0 Å². The third kappa shape index (κ3) is 3.41. The van der Waals surface area contributed by atoms with Crippen LogP contribution in [-0.2, 0) is 18.4 Å². The van der Waals surface area contributed by atoms with Gasteiger partial charge in [-0.05, 0) is 30.7 Å². The van der Waals surface area contributed by atoms with E-state index in [2.05, 4.69) is 25.6 Å². The normalized spacial score (nSPS) is 11.0. The Kier molecular flexibility index (Phi) is 4.48. The van der Waals surface area contributed by atoms with Crippen LogP contribution in [0, 0.1) is 6.92 Å². The number of nitrogens with one attached hydrogen (secondary N) is 1. The number of amides is 1. The Morgan fingerprint density at radius 1 is 1.18 bits per heavy atom. The lowest BCUT2D eigenvalue weighted by Crippen LogP contribution is -2.19. The summed E-state index contributed by atoms with van der Waals surface area (Å²) in [5.41, 5.74) is 3.59. The molecule has 0 saturated carbocycles. The quantitative estimate of drug-likeness (QED) is 0.572. The highest BCUT2D eigenvalue weighted by atomic mass is 16.5. The molecule has 0 aliphatic rings. The van der Waals surface area contributed by atoms with Crippen LogP contribution >= 0.6 is 0 Å². The van der Waals surface area contributed by atoms with E-state index in [1.165, 1.54) is 11.0 Å². The molecule has 9 nitrogen and oxygen atoms in total. The first-order valence-electron chi connectivity index (χ1n) is 8.67.